The van der Waals surface area contributed by atoms with Gasteiger partial charge in [-0.15, -0.1) is 0 Å². The third-order valence-electron chi connectivity index (χ3n) is 3.79. The van der Waals surface area contributed by atoms with Crippen LogP contribution in [0.1, 0.15) is 41.0 Å². The van der Waals surface area contributed by atoms with Crippen LogP contribution in [0, 0.1) is 10.1 Å². The lowest BCUT2D eigenvalue weighted by Gasteiger charge is -2.28. The highest BCUT2D eigenvalue weighted by Gasteiger charge is 2.44. The summed E-state index contributed by atoms with van der Waals surface area (Å²) < 4.78 is 10.9. The molecule has 0 radical (unpaired) electrons. The van der Waals surface area contributed by atoms with E-state index in [1.165, 1.54) is 0 Å². The van der Waals surface area contributed by atoms with Gasteiger partial charge < -0.3 is 14.6 Å². The number of benzene rings is 1. The van der Waals surface area contributed by atoms with Crippen molar-refractivity contribution in [2.24, 2.45) is 0 Å². The van der Waals surface area contributed by atoms with Gasteiger partial charge in [0.2, 0.25) is 0 Å². The molecule has 27 heavy (non-hydrogen) atoms. The van der Waals surface area contributed by atoms with E-state index in [9.17, 15) is 24.5 Å². The number of carboxylic acids is 1. The van der Waals surface area contributed by atoms with Crippen molar-refractivity contribution in [1.82, 2.24) is 10.9 Å². The topological polar surface area (TPSA) is 157 Å². The SMILES string of the molecule is CC(C)OC1(C(=O)NNC(=O)c2cc(C(=O)O)cc([N+](=O)[O-])c2)CCOC1. The van der Waals surface area contributed by atoms with Crippen LogP contribution in [0.5, 0.6) is 0 Å². The number of ether oxygens (including phenoxy) is 2. The number of rotatable bonds is 6. The van der Waals surface area contributed by atoms with Crippen molar-refractivity contribution in [2.75, 3.05) is 13.2 Å². The first-order valence-electron chi connectivity index (χ1n) is 8.04. The van der Waals surface area contributed by atoms with E-state index in [4.69, 9.17) is 14.6 Å². The Morgan fingerprint density at radius 3 is 2.44 bits per heavy atom. The summed E-state index contributed by atoms with van der Waals surface area (Å²) in [5.41, 5.74) is 1.79. The molecule has 0 saturated carbocycles. The standard InChI is InChI=1S/C16H19N3O8/c1-9(2)27-16(3-4-26-8-16)15(23)18-17-13(20)10-5-11(14(21)22)7-12(6-10)19(24)25/h5-7,9H,3-4,8H2,1-2H3,(H,17,20)(H,18,23)(H,21,22). The lowest BCUT2D eigenvalue weighted by Crippen LogP contribution is -2.55. The first kappa shape index (κ1) is 20.3. The fourth-order valence-corrected chi connectivity index (χ4v) is 2.59. The molecule has 1 aromatic carbocycles. The maximum atomic E-state index is 12.5. The van der Waals surface area contributed by atoms with Gasteiger partial charge in [-0.25, -0.2) is 4.79 Å². The Morgan fingerprint density at radius 1 is 1.26 bits per heavy atom. The van der Waals surface area contributed by atoms with Crippen molar-refractivity contribution in [3.63, 3.8) is 0 Å². The number of hydrazine groups is 1. The minimum Gasteiger partial charge on any atom is -0.478 e. The third kappa shape index (κ3) is 4.77. The van der Waals surface area contributed by atoms with Crippen molar-refractivity contribution in [3.8, 4) is 0 Å². The van der Waals surface area contributed by atoms with Gasteiger partial charge in [-0.3, -0.25) is 30.6 Å². The van der Waals surface area contributed by atoms with Crippen LogP contribution in [0.25, 0.3) is 0 Å². The fourth-order valence-electron chi connectivity index (χ4n) is 2.59. The number of aromatic carboxylic acids is 1. The van der Waals surface area contributed by atoms with Crippen LogP contribution in [0.2, 0.25) is 0 Å². The van der Waals surface area contributed by atoms with E-state index in [0.29, 0.717) is 13.0 Å². The van der Waals surface area contributed by atoms with Crippen LogP contribution >= 0.6 is 0 Å². The Balaban J connectivity index is 2.14. The predicted octanol–water partition coefficient (Wildman–Crippen LogP) is 0.638. The number of nitro benzene ring substituents is 1. The van der Waals surface area contributed by atoms with Gasteiger partial charge in [-0.2, -0.15) is 0 Å². The first-order chi connectivity index (χ1) is 12.6. The molecule has 1 aliphatic rings. The van der Waals surface area contributed by atoms with Crippen LogP contribution < -0.4 is 10.9 Å². The molecule has 1 unspecified atom stereocenters. The number of carbonyl (C=O) groups is 3. The van der Waals surface area contributed by atoms with E-state index in [1.807, 2.05) is 0 Å². The second-order valence-corrected chi connectivity index (χ2v) is 6.20. The lowest BCUT2D eigenvalue weighted by atomic mass is 10.0. The summed E-state index contributed by atoms with van der Waals surface area (Å²) in [6, 6.07) is 2.71. The molecule has 0 aromatic heterocycles. The summed E-state index contributed by atoms with van der Waals surface area (Å²) in [5, 5.41) is 19.9. The van der Waals surface area contributed by atoms with E-state index in [-0.39, 0.29) is 18.3 Å². The van der Waals surface area contributed by atoms with Crippen LogP contribution in [0.15, 0.2) is 18.2 Å². The number of non-ortho nitro benzene ring substituents is 1. The lowest BCUT2D eigenvalue weighted by molar-refractivity contribution is -0.384. The van der Waals surface area contributed by atoms with Crippen molar-refractivity contribution in [1.29, 1.82) is 0 Å². The zero-order valence-electron chi connectivity index (χ0n) is 14.7. The Kier molecular flexibility index (Phi) is 6.08. The van der Waals surface area contributed by atoms with Crippen molar-refractivity contribution < 1.29 is 33.9 Å². The largest absolute Gasteiger partial charge is 0.478 e. The molecule has 3 N–H and O–H groups in total. The van der Waals surface area contributed by atoms with Crippen LogP contribution in [0.3, 0.4) is 0 Å². The molecule has 1 atom stereocenters. The summed E-state index contributed by atoms with van der Waals surface area (Å²) >= 11 is 0. The number of nitrogens with one attached hydrogen (secondary N) is 2. The Bertz CT molecular complexity index is 739. The van der Waals surface area contributed by atoms with Crippen LogP contribution in [0.4, 0.5) is 5.69 Å². The Hall–Kier alpha value is -3.05. The summed E-state index contributed by atoms with van der Waals surface area (Å²) in [4.78, 5) is 45.9. The number of nitro groups is 1. The van der Waals surface area contributed by atoms with Gasteiger partial charge >= 0.3 is 5.97 Å². The molecule has 2 rings (SSSR count). The number of amides is 2. The average molecular weight is 381 g/mol. The molecule has 146 valence electrons. The maximum absolute atomic E-state index is 12.5. The zero-order valence-corrected chi connectivity index (χ0v) is 14.7. The van der Waals surface area contributed by atoms with Gasteiger partial charge in [0.25, 0.3) is 17.5 Å². The zero-order chi connectivity index (χ0) is 20.2. The third-order valence-corrected chi connectivity index (χ3v) is 3.79. The Morgan fingerprint density at radius 2 is 1.93 bits per heavy atom. The molecule has 1 aliphatic heterocycles. The van der Waals surface area contributed by atoms with Gasteiger partial charge in [0, 0.05) is 24.1 Å². The number of nitrogens with zero attached hydrogens (tertiary/aromatic N) is 1. The van der Waals surface area contributed by atoms with Crippen LogP contribution in [-0.4, -0.2) is 52.7 Å². The molecular formula is C16H19N3O8. The second kappa shape index (κ2) is 8.10. The highest BCUT2D eigenvalue weighted by atomic mass is 16.6. The van der Waals surface area contributed by atoms with Crippen molar-refractivity contribution >= 4 is 23.5 Å². The molecular weight excluding hydrogens is 362 g/mol. The minimum absolute atomic E-state index is 0.0207. The normalized spacial score (nSPS) is 18.9. The quantitative estimate of drug-likeness (QED) is 0.478. The van der Waals surface area contributed by atoms with Gasteiger partial charge in [-0.05, 0) is 19.9 Å². The van der Waals surface area contributed by atoms with Gasteiger partial charge in [0.15, 0.2) is 5.60 Å². The molecule has 0 bridgehead atoms. The Labute approximate surface area is 153 Å². The molecule has 2 amide bonds. The van der Waals surface area contributed by atoms with Gasteiger partial charge in [-0.1, -0.05) is 0 Å². The van der Waals surface area contributed by atoms with E-state index < -0.39 is 39.6 Å². The molecule has 11 nitrogen and oxygen atoms in total. The summed E-state index contributed by atoms with van der Waals surface area (Å²) in [7, 11) is 0. The summed E-state index contributed by atoms with van der Waals surface area (Å²) in [5.74, 6) is -2.97. The second-order valence-electron chi connectivity index (χ2n) is 6.20. The highest BCUT2D eigenvalue weighted by molar-refractivity contribution is 5.99. The van der Waals surface area contributed by atoms with Crippen molar-refractivity contribution in [3.05, 3.63) is 39.4 Å². The predicted molar refractivity (Wildman–Crippen MR) is 90.1 cm³/mol. The van der Waals surface area contributed by atoms with E-state index in [2.05, 4.69) is 10.9 Å². The van der Waals surface area contributed by atoms with Gasteiger partial charge in [0.1, 0.15) is 0 Å². The molecule has 1 saturated heterocycles. The van der Waals surface area contributed by atoms with Gasteiger partial charge in [0.05, 0.1) is 29.8 Å². The fraction of sp³-hybridized carbons (Fsp3) is 0.438. The van der Waals surface area contributed by atoms with E-state index >= 15 is 0 Å². The number of hydrogen-bond acceptors (Lipinski definition) is 7. The minimum atomic E-state index is -1.43. The molecule has 11 heteroatoms. The summed E-state index contributed by atoms with van der Waals surface area (Å²) in [6.07, 6.45) is 0.0374. The first-order valence-corrected chi connectivity index (χ1v) is 8.04. The maximum Gasteiger partial charge on any atom is 0.335 e. The van der Waals surface area contributed by atoms with Crippen molar-refractivity contribution in [2.45, 2.75) is 32.0 Å². The monoisotopic (exact) mass is 381 g/mol. The molecule has 1 aromatic rings. The van der Waals surface area contributed by atoms with Crippen LogP contribution in [-0.2, 0) is 14.3 Å². The summed E-state index contributed by atoms with van der Waals surface area (Å²) in [6.45, 7) is 3.85. The molecule has 1 heterocycles. The molecule has 0 aliphatic carbocycles. The number of carbonyl (C=O) groups excluding carboxylic acids is 2. The van der Waals surface area contributed by atoms with E-state index in [1.54, 1.807) is 13.8 Å². The number of carboxylic acid groups (broad SMARTS) is 1. The highest BCUT2D eigenvalue weighted by Crippen LogP contribution is 2.25. The molecule has 0 spiro atoms. The van der Waals surface area contributed by atoms with E-state index in [0.717, 1.165) is 18.2 Å². The molecule has 1 fully saturated rings. The average Bonchev–Trinajstić information content (AvgIpc) is 3.07. The smallest absolute Gasteiger partial charge is 0.335 e. The number of hydrogen-bond donors (Lipinski definition) is 3.